The van der Waals surface area contributed by atoms with Gasteiger partial charge in [-0.05, 0) is 69.4 Å². The van der Waals surface area contributed by atoms with Gasteiger partial charge in [-0.1, -0.05) is 0 Å². The summed E-state index contributed by atoms with van der Waals surface area (Å²) in [5.74, 6) is 4.32. The summed E-state index contributed by atoms with van der Waals surface area (Å²) in [6.07, 6.45) is 5.07. The average molecular weight is 311 g/mol. The second kappa shape index (κ2) is 5.40. The number of hydrogen-bond donors (Lipinski definition) is 1. The molecule has 21 heavy (non-hydrogen) atoms. The van der Waals surface area contributed by atoms with Crippen LogP contribution < -0.4 is 5.32 Å². The Kier molecular flexibility index (Phi) is 3.80. The first kappa shape index (κ1) is 14.8. The Morgan fingerprint density at radius 2 is 2.00 bits per heavy atom. The lowest BCUT2D eigenvalue weighted by Gasteiger charge is -2.49. The molecule has 0 saturated carbocycles. The third-order valence-corrected chi connectivity index (χ3v) is 7.72. The van der Waals surface area contributed by atoms with E-state index in [1.165, 1.54) is 56.8 Å². The van der Waals surface area contributed by atoms with Gasteiger partial charge in [0.05, 0.1) is 5.60 Å². The SMILES string of the molecule is CC1(C)C2CNCC2CN1C1CCOC2(CCSCC2)C1. The number of ether oxygens (including phenoxy) is 1. The zero-order valence-corrected chi connectivity index (χ0v) is 14.4. The van der Waals surface area contributed by atoms with Gasteiger partial charge >= 0.3 is 0 Å². The predicted octanol–water partition coefficient (Wildman–Crippen LogP) is 2.36. The Morgan fingerprint density at radius 1 is 1.19 bits per heavy atom. The van der Waals surface area contributed by atoms with Crippen LogP contribution in [0.5, 0.6) is 0 Å². The topological polar surface area (TPSA) is 24.5 Å². The van der Waals surface area contributed by atoms with E-state index in [0.29, 0.717) is 5.54 Å². The molecule has 120 valence electrons. The summed E-state index contributed by atoms with van der Waals surface area (Å²) in [6, 6.07) is 0.752. The minimum atomic E-state index is 0.222. The van der Waals surface area contributed by atoms with Crippen LogP contribution in [0, 0.1) is 11.8 Å². The first-order chi connectivity index (χ1) is 10.1. The fraction of sp³-hybridized carbons (Fsp3) is 1.00. The summed E-state index contributed by atoms with van der Waals surface area (Å²) in [7, 11) is 0. The smallest absolute Gasteiger partial charge is 0.0713 e. The molecule has 0 aromatic carbocycles. The van der Waals surface area contributed by atoms with Crippen molar-refractivity contribution in [2.75, 3.05) is 37.7 Å². The number of nitrogens with one attached hydrogen (secondary N) is 1. The molecule has 4 saturated heterocycles. The van der Waals surface area contributed by atoms with Gasteiger partial charge in [0.25, 0.3) is 0 Å². The molecule has 0 aromatic heterocycles. The standard InChI is InChI=1S/C17H30N2OS/c1-16(2)15-11-18-10-13(15)12-19(16)14-3-6-20-17(9-14)4-7-21-8-5-17/h13-15,18H,3-12H2,1-2H3. The van der Waals surface area contributed by atoms with E-state index in [4.69, 9.17) is 4.74 Å². The summed E-state index contributed by atoms with van der Waals surface area (Å²) >= 11 is 2.11. The van der Waals surface area contributed by atoms with Gasteiger partial charge in [0.2, 0.25) is 0 Å². The van der Waals surface area contributed by atoms with E-state index in [-0.39, 0.29) is 5.60 Å². The normalized spacial score (nSPS) is 42.3. The summed E-state index contributed by atoms with van der Waals surface area (Å²) in [4.78, 5) is 2.87. The van der Waals surface area contributed by atoms with E-state index in [0.717, 1.165) is 24.5 Å². The molecule has 4 aliphatic rings. The number of rotatable bonds is 1. The molecular formula is C17H30N2OS. The van der Waals surface area contributed by atoms with Crippen LogP contribution in [0.4, 0.5) is 0 Å². The van der Waals surface area contributed by atoms with Crippen LogP contribution in [0.1, 0.15) is 39.5 Å². The second-order valence-electron chi connectivity index (χ2n) is 8.12. The van der Waals surface area contributed by atoms with Crippen molar-refractivity contribution in [3.63, 3.8) is 0 Å². The van der Waals surface area contributed by atoms with Gasteiger partial charge in [-0.2, -0.15) is 11.8 Å². The second-order valence-corrected chi connectivity index (χ2v) is 9.35. The third kappa shape index (κ3) is 2.46. The highest BCUT2D eigenvalue weighted by atomic mass is 32.2. The molecule has 3 unspecified atom stereocenters. The average Bonchev–Trinajstić information content (AvgIpc) is 3.02. The first-order valence-electron chi connectivity index (χ1n) is 8.80. The van der Waals surface area contributed by atoms with Crippen molar-refractivity contribution in [2.24, 2.45) is 11.8 Å². The van der Waals surface area contributed by atoms with Gasteiger partial charge in [-0.3, -0.25) is 4.90 Å². The van der Waals surface area contributed by atoms with Gasteiger partial charge in [0.15, 0.2) is 0 Å². The van der Waals surface area contributed by atoms with Crippen molar-refractivity contribution in [1.29, 1.82) is 0 Å². The fourth-order valence-electron chi connectivity index (χ4n) is 5.43. The van der Waals surface area contributed by atoms with E-state index in [9.17, 15) is 0 Å². The summed E-state index contributed by atoms with van der Waals surface area (Å²) in [5, 5.41) is 3.61. The van der Waals surface area contributed by atoms with E-state index in [2.05, 4.69) is 35.8 Å². The van der Waals surface area contributed by atoms with Gasteiger partial charge in [0, 0.05) is 31.3 Å². The van der Waals surface area contributed by atoms with Crippen molar-refractivity contribution < 1.29 is 4.74 Å². The van der Waals surface area contributed by atoms with E-state index < -0.39 is 0 Å². The zero-order valence-electron chi connectivity index (χ0n) is 13.6. The van der Waals surface area contributed by atoms with Gasteiger partial charge < -0.3 is 10.1 Å². The summed E-state index contributed by atoms with van der Waals surface area (Å²) in [6.45, 7) is 9.72. The van der Waals surface area contributed by atoms with Crippen LogP contribution in [0.25, 0.3) is 0 Å². The highest BCUT2D eigenvalue weighted by molar-refractivity contribution is 7.99. The van der Waals surface area contributed by atoms with Gasteiger partial charge in [-0.25, -0.2) is 0 Å². The van der Waals surface area contributed by atoms with Crippen molar-refractivity contribution in [2.45, 2.75) is 56.7 Å². The Labute approximate surface area is 133 Å². The Hall–Kier alpha value is 0.230. The van der Waals surface area contributed by atoms with Crippen LogP contribution in [-0.2, 0) is 4.74 Å². The molecule has 1 spiro atoms. The fourth-order valence-corrected chi connectivity index (χ4v) is 6.67. The third-order valence-electron chi connectivity index (χ3n) is 6.73. The molecule has 4 heterocycles. The molecule has 0 radical (unpaired) electrons. The van der Waals surface area contributed by atoms with E-state index >= 15 is 0 Å². The molecule has 3 atom stereocenters. The molecule has 0 amide bonds. The van der Waals surface area contributed by atoms with Crippen molar-refractivity contribution >= 4 is 11.8 Å². The minimum absolute atomic E-state index is 0.222. The van der Waals surface area contributed by atoms with E-state index in [1.54, 1.807) is 0 Å². The molecule has 1 N–H and O–H groups in total. The number of likely N-dealkylation sites (tertiary alicyclic amines) is 1. The van der Waals surface area contributed by atoms with Crippen LogP contribution in [-0.4, -0.2) is 59.8 Å². The Morgan fingerprint density at radius 3 is 2.76 bits per heavy atom. The first-order valence-corrected chi connectivity index (χ1v) is 9.95. The molecule has 0 aromatic rings. The summed E-state index contributed by atoms with van der Waals surface area (Å²) < 4.78 is 6.31. The Balaban J connectivity index is 1.51. The lowest BCUT2D eigenvalue weighted by Crippen LogP contribution is -2.55. The lowest BCUT2D eigenvalue weighted by atomic mass is 9.81. The predicted molar refractivity (Wildman–Crippen MR) is 88.9 cm³/mol. The number of thioether (sulfide) groups is 1. The van der Waals surface area contributed by atoms with Crippen LogP contribution in [0.3, 0.4) is 0 Å². The molecule has 4 aliphatic heterocycles. The molecule has 3 nitrogen and oxygen atoms in total. The summed E-state index contributed by atoms with van der Waals surface area (Å²) in [5.41, 5.74) is 0.584. The number of fused-ring (bicyclic) bond motifs is 1. The number of nitrogens with zero attached hydrogens (tertiary/aromatic N) is 1. The highest BCUT2D eigenvalue weighted by Crippen LogP contribution is 2.46. The van der Waals surface area contributed by atoms with Gasteiger partial charge in [-0.15, -0.1) is 0 Å². The lowest BCUT2D eigenvalue weighted by molar-refractivity contribution is -0.118. The molecular weight excluding hydrogens is 280 g/mol. The maximum atomic E-state index is 6.31. The van der Waals surface area contributed by atoms with Crippen molar-refractivity contribution in [3.8, 4) is 0 Å². The molecule has 4 rings (SSSR count). The largest absolute Gasteiger partial charge is 0.375 e. The van der Waals surface area contributed by atoms with E-state index in [1.807, 2.05) is 0 Å². The monoisotopic (exact) mass is 310 g/mol. The van der Waals surface area contributed by atoms with Crippen LogP contribution >= 0.6 is 11.8 Å². The number of hydrogen-bond acceptors (Lipinski definition) is 4. The minimum Gasteiger partial charge on any atom is -0.375 e. The van der Waals surface area contributed by atoms with Crippen LogP contribution in [0.15, 0.2) is 0 Å². The molecule has 0 bridgehead atoms. The molecule has 4 fully saturated rings. The molecule has 0 aliphatic carbocycles. The van der Waals surface area contributed by atoms with Crippen LogP contribution in [0.2, 0.25) is 0 Å². The highest BCUT2D eigenvalue weighted by Gasteiger charge is 2.53. The molecule has 4 heteroatoms. The quantitative estimate of drug-likeness (QED) is 0.803. The maximum Gasteiger partial charge on any atom is 0.0713 e. The zero-order chi connectivity index (χ0) is 14.5. The van der Waals surface area contributed by atoms with Gasteiger partial charge in [0.1, 0.15) is 0 Å². The Bertz CT molecular complexity index is 389. The van der Waals surface area contributed by atoms with Crippen molar-refractivity contribution in [3.05, 3.63) is 0 Å². The maximum absolute atomic E-state index is 6.31. The van der Waals surface area contributed by atoms with Crippen molar-refractivity contribution in [1.82, 2.24) is 10.2 Å².